The largest absolute Gasteiger partial charge is 0.469 e. The second-order valence-corrected chi connectivity index (χ2v) is 5.05. The lowest BCUT2D eigenvalue weighted by Crippen LogP contribution is -2.59. The molecule has 24 heavy (non-hydrogen) atoms. The van der Waals surface area contributed by atoms with E-state index < -0.39 is 35.5 Å². The molecule has 1 saturated heterocycles. The summed E-state index contributed by atoms with van der Waals surface area (Å²) in [4.78, 5) is 48.7. The molecule has 0 spiro atoms. The van der Waals surface area contributed by atoms with Gasteiger partial charge in [0.15, 0.2) is 0 Å². The molecular formula is C15H16FN3O5. The molecule has 1 aromatic rings. The van der Waals surface area contributed by atoms with Gasteiger partial charge in [-0.3, -0.25) is 19.2 Å². The van der Waals surface area contributed by atoms with Crippen LogP contribution in [-0.4, -0.2) is 54.8 Å². The first-order valence-electron chi connectivity index (χ1n) is 7.14. The fourth-order valence-corrected chi connectivity index (χ4v) is 2.28. The molecule has 128 valence electrons. The number of rotatable bonds is 3. The molecule has 2 rings (SSSR count). The van der Waals surface area contributed by atoms with Crippen LogP contribution in [0.5, 0.6) is 0 Å². The number of amides is 3. The molecule has 1 heterocycles. The molecule has 0 radical (unpaired) electrons. The highest BCUT2D eigenvalue weighted by atomic mass is 19.1. The minimum Gasteiger partial charge on any atom is -0.469 e. The standard InChI is InChI=1S/C15H16FN3O5/c1-24-12(20)8-11-13(21)17-5-6-19(11)15(23)14(22)18-10-4-2-3-9(16)7-10/h2-4,7,11H,5-6,8H2,1H3,(H,17,21)(H,18,22)/t11-/m0/s1. The highest BCUT2D eigenvalue weighted by Gasteiger charge is 2.37. The van der Waals surface area contributed by atoms with E-state index >= 15 is 0 Å². The van der Waals surface area contributed by atoms with Crippen LogP contribution in [0, 0.1) is 5.82 Å². The van der Waals surface area contributed by atoms with Crippen LogP contribution in [0.3, 0.4) is 0 Å². The highest BCUT2D eigenvalue weighted by Crippen LogP contribution is 2.13. The fraction of sp³-hybridized carbons (Fsp3) is 0.333. The van der Waals surface area contributed by atoms with E-state index in [1.807, 2.05) is 0 Å². The van der Waals surface area contributed by atoms with Gasteiger partial charge in [0.1, 0.15) is 11.9 Å². The number of esters is 1. The second-order valence-electron chi connectivity index (χ2n) is 5.05. The van der Waals surface area contributed by atoms with Crippen molar-refractivity contribution in [2.24, 2.45) is 0 Å². The molecule has 8 nitrogen and oxygen atoms in total. The summed E-state index contributed by atoms with van der Waals surface area (Å²) >= 11 is 0. The molecule has 0 aromatic heterocycles. The molecule has 1 fully saturated rings. The van der Waals surface area contributed by atoms with Crippen molar-refractivity contribution in [1.29, 1.82) is 0 Å². The van der Waals surface area contributed by atoms with Crippen molar-refractivity contribution in [3.8, 4) is 0 Å². The number of anilines is 1. The molecule has 0 saturated carbocycles. The molecule has 0 unspecified atom stereocenters. The molecule has 1 aliphatic heterocycles. The normalized spacial score (nSPS) is 17.0. The third-order valence-electron chi connectivity index (χ3n) is 3.46. The summed E-state index contributed by atoms with van der Waals surface area (Å²) in [6.07, 6.45) is -0.360. The first kappa shape index (κ1) is 17.4. The fourth-order valence-electron chi connectivity index (χ4n) is 2.28. The predicted octanol–water partition coefficient (Wildman–Crippen LogP) is -0.346. The molecule has 2 N–H and O–H groups in total. The van der Waals surface area contributed by atoms with E-state index in [1.165, 1.54) is 18.2 Å². The molecule has 0 bridgehead atoms. The van der Waals surface area contributed by atoms with Crippen molar-refractivity contribution in [3.05, 3.63) is 30.1 Å². The van der Waals surface area contributed by atoms with Gasteiger partial charge >= 0.3 is 17.8 Å². The van der Waals surface area contributed by atoms with Crippen LogP contribution in [0.25, 0.3) is 0 Å². The molecule has 1 atom stereocenters. The molecule has 0 aliphatic carbocycles. The Bertz CT molecular complexity index is 679. The lowest BCUT2D eigenvalue weighted by molar-refractivity contribution is -0.153. The van der Waals surface area contributed by atoms with Gasteiger partial charge in [0, 0.05) is 18.8 Å². The number of halogens is 1. The molecule has 3 amide bonds. The number of nitrogens with zero attached hydrogens (tertiary/aromatic N) is 1. The lowest BCUT2D eigenvalue weighted by Gasteiger charge is -2.33. The third-order valence-corrected chi connectivity index (χ3v) is 3.46. The number of ether oxygens (including phenoxy) is 1. The van der Waals surface area contributed by atoms with E-state index in [4.69, 9.17) is 0 Å². The quantitative estimate of drug-likeness (QED) is 0.580. The number of carbonyl (C=O) groups is 4. The van der Waals surface area contributed by atoms with Crippen LogP contribution in [0.4, 0.5) is 10.1 Å². The number of piperazine rings is 1. The summed E-state index contributed by atoms with van der Waals surface area (Å²) in [5.41, 5.74) is 0.110. The van der Waals surface area contributed by atoms with Gasteiger partial charge in [-0.2, -0.15) is 0 Å². The topological polar surface area (TPSA) is 105 Å². The second kappa shape index (κ2) is 7.53. The molecule has 9 heteroatoms. The zero-order valence-corrected chi connectivity index (χ0v) is 12.9. The van der Waals surface area contributed by atoms with E-state index in [2.05, 4.69) is 15.4 Å². The van der Waals surface area contributed by atoms with Crippen molar-refractivity contribution in [2.45, 2.75) is 12.5 Å². The number of hydrogen-bond donors (Lipinski definition) is 2. The zero-order chi connectivity index (χ0) is 17.7. The van der Waals surface area contributed by atoms with Crippen molar-refractivity contribution in [3.63, 3.8) is 0 Å². The van der Waals surface area contributed by atoms with Crippen LogP contribution in [0.15, 0.2) is 24.3 Å². The summed E-state index contributed by atoms with van der Waals surface area (Å²) < 4.78 is 17.6. The Morgan fingerprint density at radius 1 is 1.42 bits per heavy atom. The van der Waals surface area contributed by atoms with Crippen molar-refractivity contribution in [1.82, 2.24) is 10.2 Å². The van der Waals surface area contributed by atoms with Gasteiger partial charge in [0.05, 0.1) is 13.5 Å². The van der Waals surface area contributed by atoms with Crippen LogP contribution in [0.2, 0.25) is 0 Å². The SMILES string of the molecule is COC(=O)C[C@H]1C(=O)NCCN1C(=O)C(=O)Nc1cccc(F)c1. The summed E-state index contributed by atoms with van der Waals surface area (Å²) in [6.45, 7) is 0.234. The summed E-state index contributed by atoms with van der Waals surface area (Å²) in [5.74, 6) is -3.80. The zero-order valence-electron chi connectivity index (χ0n) is 12.9. The lowest BCUT2D eigenvalue weighted by atomic mass is 10.1. The number of methoxy groups -OCH3 is 1. The number of carbonyl (C=O) groups excluding carboxylic acids is 4. The average Bonchev–Trinajstić information content (AvgIpc) is 2.55. The van der Waals surface area contributed by atoms with E-state index in [0.29, 0.717) is 0 Å². The van der Waals surface area contributed by atoms with Crippen molar-refractivity contribution < 1.29 is 28.3 Å². The van der Waals surface area contributed by atoms with Gasteiger partial charge in [0.25, 0.3) is 0 Å². The van der Waals surface area contributed by atoms with E-state index in [0.717, 1.165) is 18.1 Å². The smallest absolute Gasteiger partial charge is 0.313 e. The van der Waals surface area contributed by atoms with Crippen LogP contribution >= 0.6 is 0 Å². The maximum atomic E-state index is 13.1. The Labute approximate surface area is 136 Å². The summed E-state index contributed by atoms with van der Waals surface area (Å²) in [7, 11) is 1.16. The Balaban J connectivity index is 2.11. The third kappa shape index (κ3) is 4.06. The maximum Gasteiger partial charge on any atom is 0.313 e. The summed E-state index contributed by atoms with van der Waals surface area (Å²) in [6, 6.07) is 3.92. The maximum absolute atomic E-state index is 13.1. The number of nitrogens with one attached hydrogen (secondary N) is 2. The van der Waals surface area contributed by atoms with E-state index in [-0.39, 0.29) is 25.2 Å². The Morgan fingerprint density at radius 2 is 2.17 bits per heavy atom. The average molecular weight is 337 g/mol. The first-order valence-corrected chi connectivity index (χ1v) is 7.14. The van der Waals surface area contributed by atoms with E-state index in [9.17, 15) is 23.6 Å². The molecule has 1 aromatic carbocycles. The van der Waals surface area contributed by atoms with E-state index in [1.54, 1.807) is 0 Å². The number of hydrogen-bond acceptors (Lipinski definition) is 5. The number of benzene rings is 1. The van der Waals surface area contributed by atoms with Crippen molar-refractivity contribution >= 4 is 29.4 Å². The van der Waals surface area contributed by atoms with Crippen LogP contribution < -0.4 is 10.6 Å². The minimum absolute atomic E-state index is 0.0722. The van der Waals surface area contributed by atoms with Gasteiger partial charge in [-0.15, -0.1) is 0 Å². The Hall–Kier alpha value is -2.97. The van der Waals surface area contributed by atoms with Crippen LogP contribution in [0.1, 0.15) is 6.42 Å². The molecule has 1 aliphatic rings. The van der Waals surface area contributed by atoms with Gasteiger partial charge in [-0.1, -0.05) is 6.07 Å². The van der Waals surface area contributed by atoms with Gasteiger partial charge in [-0.25, -0.2) is 4.39 Å². The van der Waals surface area contributed by atoms with Gasteiger partial charge < -0.3 is 20.3 Å². The Morgan fingerprint density at radius 3 is 2.83 bits per heavy atom. The first-order chi connectivity index (χ1) is 11.4. The highest BCUT2D eigenvalue weighted by molar-refractivity contribution is 6.40. The minimum atomic E-state index is -1.13. The van der Waals surface area contributed by atoms with Crippen LogP contribution in [-0.2, 0) is 23.9 Å². The van der Waals surface area contributed by atoms with Crippen molar-refractivity contribution in [2.75, 3.05) is 25.5 Å². The van der Waals surface area contributed by atoms with Gasteiger partial charge in [-0.05, 0) is 18.2 Å². The Kier molecular flexibility index (Phi) is 5.46. The molecular weight excluding hydrogens is 321 g/mol. The van der Waals surface area contributed by atoms with Gasteiger partial charge in [0.2, 0.25) is 5.91 Å². The summed E-state index contributed by atoms with van der Waals surface area (Å²) in [5, 5.41) is 4.79. The predicted molar refractivity (Wildman–Crippen MR) is 80.2 cm³/mol. The monoisotopic (exact) mass is 337 g/mol.